The molecule has 1 atom stereocenters. The van der Waals surface area contributed by atoms with Crippen molar-refractivity contribution in [2.24, 2.45) is 0 Å². The van der Waals surface area contributed by atoms with E-state index >= 15 is 0 Å². The molecule has 0 unspecified atom stereocenters. The third-order valence-electron chi connectivity index (χ3n) is 5.79. The first-order valence-corrected chi connectivity index (χ1v) is 13.3. The van der Waals surface area contributed by atoms with Crippen LogP contribution in [0.2, 0.25) is 5.02 Å². The van der Waals surface area contributed by atoms with E-state index in [-0.39, 0.29) is 24.7 Å². The molecule has 180 valence electrons. The minimum absolute atomic E-state index is 0.00991. The fourth-order valence-corrected chi connectivity index (χ4v) is 6.52. The Balaban J connectivity index is 1.51. The second-order valence-electron chi connectivity index (χ2n) is 8.77. The van der Waals surface area contributed by atoms with E-state index < -0.39 is 38.6 Å². The van der Waals surface area contributed by atoms with Gasteiger partial charge < -0.3 is 5.11 Å². The van der Waals surface area contributed by atoms with Crippen molar-refractivity contribution < 1.29 is 22.3 Å². The average molecular weight is 526 g/mol. The molecule has 0 aromatic heterocycles. The smallest absolute Gasteiger partial charge is 0.157 e. The van der Waals surface area contributed by atoms with Gasteiger partial charge in [0.2, 0.25) is 0 Å². The SMILES string of the molecule is O=S(=O)(Cc1cc(F)cc(F)c1)CC1(O)CN([C@@H](c2ccc(Cl)cc2)c2ccc(CCl)cc2)C1. The number of alkyl halides is 1. The molecule has 1 fully saturated rings. The highest BCUT2D eigenvalue weighted by atomic mass is 35.5. The summed E-state index contributed by atoms with van der Waals surface area (Å²) in [7, 11) is -3.82. The molecule has 0 saturated carbocycles. The zero-order valence-corrected chi connectivity index (χ0v) is 20.4. The summed E-state index contributed by atoms with van der Waals surface area (Å²) in [4.78, 5) is 1.98. The van der Waals surface area contributed by atoms with Crippen molar-refractivity contribution in [3.8, 4) is 0 Å². The summed E-state index contributed by atoms with van der Waals surface area (Å²) in [5.74, 6) is -2.35. The van der Waals surface area contributed by atoms with Crippen LogP contribution in [0.5, 0.6) is 0 Å². The van der Waals surface area contributed by atoms with Crippen LogP contribution in [-0.2, 0) is 21.5 Å². The monoisotopic (exact) mass is 525 g/mol. The highest BCUT2D eigenvalue weighted by Gasteiger charge is 2.47. The molecule has 4 rings (SSSR count). The van der Waals surface area contributed by atoms with Gasteiger partial charge in [-0.2, -0.15) is 0 Å². The van der Waals surface area contributed by atoms with Crippen molar-refractivity contribution in [1.82, 2.24) is 4.90 Å². The molecule has 1 aliphatic rings. The molecule has 1 saturated heterocycles. The van der Waals surface area contributed by atoms with Gasteiger partial charge in [0.15, 0.2) is 9.84 Å². The molecule has 3 aromatic rings. The lowest BCUT2D eigenvalue weighted by Gasteiger charge is -2.50. The molecule has 0 bridgehead atoms. The van der Waals surface area contributed by atoms with Crippen LogP contribution in [0.1, 0.15) is 28.3 Å². The standard InChI is InChI=1S/C25H23Cl2F2NO3S/c26-12-17-1-3-19(4-2-17)24(20-5-7-21(27)8-6-20)30-14-25(31,15-30)16-34(32,33)13-18-9-22(28)11-23(29)10-18/h1-11,24,31H,12-16H2/t24-/m1/s1. The van der Waals surface area contributed by atoms with Gasteiger partial charge in [-0.15, -0.1) is 11.6 Å². The first-order chi connectivity index (χ1) is 16.1. The Morgan fingerprint density at radius 1 is 0.912 bits per heavy atom. The van der Waals surface area contributed by atoms with E-state index in [1.54, 1.807) is 12.1 Å². The van der Waals surface area contributed by atoms with Gasteiger partial charge in [0.1, 0.15) is 17.2 Å². The lowest BCUT2D eigenvalue weighted by Crippen LogP contribution is -2.65. The van der Waals surface area contributed by atoms with E-state index in [1.165, 1.54) is 0 Å². The number of hydrogen-bond acceptors (Lipinski definition) is 4. The molecular weight excluding hydrogens is 503 g/mol. The Labute approximate surface area is 207 Å². The molecule has 0 aliphatic carbocycles. The molecule has 9 heteroatoms. The van der Waals surface area contributed by atoms with E-state index in [1.807, 2.05) is 41.3 Å². The Morgan fingerprint density at radius 2 is 1.44 bits per heavy atom. The number of β-amino-alcohol motifs (C(OH)–C–C–N with tert-alkyl or cyclic N) is 1. The number of aliphatic hydroxyl groups is 1. The number of rotatable bonds is 8. The number of hydrogen-bond donors (Lipinski definition) is 1. The van der Waals surface area contributed by atoms with Crippen molar-refractivity contribution in [1.29, 1.82) is 0 Å². The Hall–Kier alpha value is -2.03. The number of nitrogens with zero attached hydrogens (tertiary/aromatic N) is 1. The second-order valence-corrected chi connectivity index (χ2v) is 11.5. The number of sulfone groups is 1. The Kier molecular flexibility index (Phi) is 7.31. The van der Waals surface area contributed by atoms with Gasteiger partial charge in [-0.05, 0) is 46.5 Å². The van der Waals surface area contributed by atoms with E-state index in [0.717, 1.165) is 28.8 Å². The maximum absolute atomic E-state index is 13.4. The highest BCUT2D eigenvalue weighted by molar-refractivity contribution is 7.90. The van der Waals surface area contributed by atoms with Gasteiger partial charge in [0, 0.05) is 30.1 Å². The third-order valence-corrected chi connectivity index (χ3v) is 8.10. The van der Waals surface area contributed by atoms with Crippen LogP contribution in [0.3, 0.4) is 0 Å². The summed E-state index contributed by atoms with van der Waals surface area (Å²) in [5, 5.41) is 11.6. The van der Waals surface area contributed by atoms with E-state index in [4.69, 9.17) is 23.2 Å². The lowest BCUT2D eigenvalue weighted by molar-refractivity contribution is -0.0937. The van der Waals surface area contributed by atoms with Gasteiger partial charge >= 0.3 is 0 Å². The first kappa shape index (κ1) is 25.1. The second kappa shape index (κ2) is 9.91. The van der Waals surface area contributed by atoms with Gasteiger partial charge in [-0.25, -0.2) is 17.2 Å². The fraction of sp³-hybridized carbons (Fsp3) is 0.280. The van der Waals surface area contributed by atoms with Crippen LogP contribution in [0.15, 0.2) is 66.7 Å². The number of benzene rings is 3. The molecule has 3 aromatic carbocycles. The molecule has 0 radical (unpaired) electrons. The van der Waals surface area contributed by atoms with E-state index in [9.17, 15) is 22.3 Å². The average Bonchev–Trinajstić information content (AvgIpc) is 2.73. The first-order valence-electron chi connectivity index (χ1n) is 10.6. The summed E-state index contributed by atoms with van der Waals surface area (Å²) in [6, 6.07) is 17.6. The Morgan fingerprint density at radius 3 is 1.97 bits per heavy atom. The van der Waals surface area contributed by atoms with Crippen molar-refractivity contribution in [3.05, 3.63) is 106 Å². The zero-order chi connectivity index (χ0) is 24.5. The molecular formula is C25H23Cl2F2NO3S. The summed E-state index contributed by atoms with van der Waals surface area (Å²) >= 11 is 12.0. The van der Waals surface area contributed by atoms with Gasteiger partial charge in [0.25, 0.3) is 0 Å². The predicted octanol–water partition coefficient (Wildman–Crippen LogP) is 5.11. The lowest BCUT2D eigenvalue weighted by atomic mass is 9.88. The molecule has 1 N–H and O–H groups in total. The Bertz CT molecular complexity index is 1240. The van der Waals surface area contributed by atoms with Crippen LogP contribution < -0.4 is 0 Å². The number of halogens is 4. The normalized spacial score (nSPS) is 16.7. The zero-order valence-electron chi connectivity index (χ0n) is 18.1. The molecule has 34 heavy (non-hydrogen) atoms. The topological polar surface area (TPSA) is 57.6 Å². The minimum atomic E-state index is -3.82. The van der Waals surface area contributed by atoms with Crippen molar-refractivity contribution in [2.75, 3.05) is 18.8 Å². The van der Waals surface area contributed by atoms with E-state index in [0.29, 0.717) is 17.0 Å². The fourth-order valence-electron chi connectivity index (χ4n) is 4.44. The molecule has 4 nitrogen and oxygen atoms in total. The summed E-state index contributed by atoms with van der Waals surface area (Å²) in [5.41, 5.74) is 1.43. The molecule has 0 spiro atoms. The van der Waals surface area contributed by atoms with Gasteiger partial charge in [-0.1, -0.05) is 48.0 Å². The van der Waals surface area contributed by atoms with Crippen LogP contribution in [0.25, 0.3) is 0 Å². The largest absolute Gasteiger partial charge is 0.386 e. The molecule has 0 amide bonds. The predicted molar refractivity (Wildman–Crippen MR) is 130 cm³/mol. The summed E-state index contributed by atoms with van der Waals surface area (Å²) < 4.78 is 52.3. The van der Waals surface area contributed by atoms with Crippen molar-refractivity contribution in [2.45, 2.75) is 23.3 Å². The quantitative estimate of drug-likeness (QED) is 0.415. The summed E-state index contributed by atoms with van der Waals surface area (Å²) in [6.45, 7) is 0.239. The third kappa shape index (κ3) is 5.96. The van der Waals surface area contributed by atoms with Gasteiger partial charge in [0.05, 0.1) is 17.5 Å². The molecule has 1 heterocycles. The van der Waals surface area contributed by atoms with Crippen LogP contribution in [0.4, 0.5) is 8.78 Å². The highest BCUT2D eigenvalue weighted by Crippen LogP contribution is 2.37. The van der Waals surface area contributed by atoms with Crippen LogP contribution >= 0.6 is 23.2 Å². The minimum Gasteiger partial charge on any atom is -0.386 e. The van der Waals surface area contributed by atoms with Crippen molar-refractivity contribution >= 4 is 33.0 Å². The maximum Gasteiger partial charge on any atom is 0.157 e. The van der Waals surface area contributed by atoms with Crippen LogP contribution in [-0.4, -0.2) is 42.9 Å². The van der Waals surface area contributed by atoms with E-state index in [2.05, 4.69) is 0 Å². The molecule has 1 aliphatic heterocycles. The summed E-state index contributed by atoms with van der Waals surface area (Å²) in [6.07, 6.45) is 0. The van der Waals surface area contributed by atoms with Gasteiger partial charge in [-0.3, -0.25) is 4.90 Å². The van der Waals surface area contributed by atoms with Crippen molar-refractivity contribution in [3.63, 3.8) is 0 Å². The number of likely N-dealkylation sites (tertiary alicyclic amines) is 1. The van der Waals surface area contributed by atoms with Crippen LogP contribution in [0, 0.1) is 11.6 Å². The maximum atomic E-state index is 13.4.